The molecule has 6 nitrogen and oxygen atoms in total. The molecule has 1 unspecified atom stereocenters. The Balaban J connectivity index is 1.72. The van der Waals surface area contributed by atoms with E-state index in [4.69, 9.17) is 5.11 Å². The molecule has 1 aliphatic heterocycles. The molecule has 1 aromatic carbocycles. The SMILES string of the molecule is OCCCC1CCCN1Cc1nnnn1-c1ccccc1. The smallest absolute Gasteiger partial charge is 0.170 e. The van der Waals surface area contributed by atoms with E-state index >= 15 is 0 Å². The zero-order chi connectivity index (χ0) is 14.5. The molecule has 1 aromatic heterocycles. The van der Waals surface area contributed by atoms with Crippen LogP contribution in [0.1, 0.15) is 31.5 Å². The summed E-state index contributed by atoms with van der Waals surface area (Å²) in [5.41, 5.74) is 0.989. The fourth-order valence-electron chi connectivity index (χ4n) is 3.01. The Kier molecular flexibility index (Phi) is 4.57. The van der Waals surface area contributed by atoms with Gasteiger partial charge in [0.05, 0.1) is 12.2 Å². The van der Waals surface area contributed by atoms with Gasteiger partial charge in [-0.25, -0.2) is 0 Å². The van der Waals surface area contributed by atoms with Crippen LogP contribution in [0.5, 0.6) is 0 Å². The summed E-state index contributed by atoms with van der Waals surface area (Å²) in [4.78, 5) is 2.43. The topological polar surface area (TPSA) is 67.1 Å². The number of aromatic nitrogens is 4. The molecule has 0 saturated carbocycles. The lowest BCUT2D eigenvalue weighted by Gasteiger charge is -2.23. The van der Waals surface area contributed by atoms with Crippen LogP contribution in [0, 0.1) is 0 Å². The number of hydrogen-bond donors (Lipinski definition) is 1. The average molecular weight is 287 g/mol. The van der Waals surface area contributed by atoms with Crippen LogP contribution in [0.25, 0.3) is 5.69 Å². The third kappa shape index (κ3) is 3.28. The molecule has 112 valence electrons. The number of para-hydroxylation sites is 1. The minimum atomic E-state index is 0.270. The van der Waals surface area contributed by atoms with Crippen molar-refractivity contribution in [1.82, 2.24) is 25.1 Å². The first-order valence-electron chi connectivity index (χ1n) is 7.56. The van der Waals surface area contributed by atoms with Crippen molar-refractivity contribution in [3.05, 3.63) is 36.2 Å². The molecular formula is C15H21N5O. The Labute approximate surface area is 124 Å². The van der Waals surface area contributed by atoms with Crippen LogP contribution in [-0.4, -0.2) is 49.4 Å². The molecule has 6 heteroatoms. The zero-order valence-corrected chi connectivity index (χ0v) is 12.1. The largest absolute Gasteiger partial charge is 0.396 e. The lowest BCUT2D eigenvalue weighted by atomic mass is 10.1. The van der Waals surface area contributed by atoms with Gasteiger partial charge in [0, 0.05) is 12.6 Å². The van der Waals surface area contributed by atoms with Gasteiger partial charge in [0.25, 0.3) is 0 Å². The van der Waals surface area contributed by atoms with Crippen molar-refractivity contribution in [2.24, 2.45) is 0 Å². The van der Waals surface area contributed by atoms with Gasteiger partial charge in [-0.3, -0.25) is 4.90 Å². The highest BCUT2D eigenvalue weighted by molar-refractivity contribution is 5.30. The first-order valence-corrected chi connectivity index (χ1v) is 7.56. The normalized spacial score (nSPS) is 19.2. The van der Waals surface area contributed by atoms with E-state index in [1.54, 1.807) is 4.68 Å². The third-order valence-corrected chi connectivity index (χ3v) is 4.07. The number of hydrogen-bond acceptors (Lipinski definition) is 5. The van der Waals surface area contributed by atoms with Crippen molar-refractivity contribution in [2.75, 3.05) is 13.2 Å². The fraction of sp³-hybridized carbons (Fsp3) is 0.533. The summed E-state index contributed by atoms with van der Waals surface area (Å²) in [6.07, 6.45) is 4.32. The lowest BCUT2D eigenvalue weighted by molar-refractivity contribution is 0.205. The van der Waals surface area contributed by atoms with Gasteiger partial charge in [0.1, 0.15) is 0 Å². The molecule has 1 N–H and O–H groups in total. The van der Waals surface area contributed by atoms with Crippen molar-refractivity contribution >= 4 is 0 Å². The second-order valence-electron chi connectivity index (χ2n) is 5.47. The van der Waals surface area contributed by atoms with Gasteiger partial charge < -0.3 is 5.11 Å². The Morgan fingerprint density at radius 1 is 1.24 bits per heavy atom. The minimum Gasteiger partial charge on any atom is -0.396 e. The van der Waals surface area contributed by atoms with Gasteiger partial charge in [-0.2, -0.15) is 4.68 Å². The van der Waals surface area contributed by atoms with Crippen molar-refractivity contribution < 1.29 is 5.11 Å². The average Bonchev–Trinajstić information content (AvgIpc) is 3.16. The number of aliphatic hydroxyl groups is 1. The molecule has 0 bridgehead atoms. The summed E-state index contributed by atoms with van der Waals surface area (Å²) in [6, 6.07) is 10.5. The van der Waals surface area contributed by atoms with Crippen molar-refractivity contribution in [1.29, 1.82) is 0 Å². The first kappa shape index (κ1) is 14.2. The highest BCUT2D eigenvalue weighted by atomic mass is 16.2. The molecule has 0 spiro atoms. The number of likely N-dealkylation sites (tertiary alicyclic amines) is 1. The van der Waals surface area contributed by atoms with Crippen molar-refractivity contribution in [3.63, 3.8) is 0 Å². The summed E-state index contributed by atoms with van der Waals surface area (Å²) >= 11 is 0. The van der Waals surface area contributed by atoms with Gasteiger partial charge in [-0.1, -0.05) is 18.2 Å². The highest BCUT2D eigenvalue weighted by Gasteiger charge is 2.25. The van der Waals surface area contributed by atoms with Crippen LogP contribution in [0.3, 0.4) is 0 Å². The van der Waals surface area contributed by atoms with Crippen molar-refractivity contribution in [3.8, 4) is 5.69 Å². The van der Waals surface area contributed by atoms with Crippen LogP contribution in [0.15, 0.2) is 30.3 Å². The molecule has 1 atom stereocenters. The third-order valence-electron chi connectivity index (χ3n) is 4.07. The number of rotatable bonds is 6. The number of tetrazole rings is 1. The van der Waals surface area contributed by atoms with Crippen LogP contribution in [0.4, 0.5) is 0 Å². The first-order chi connectivity index (χ1) is 10.4. The quantitative estimate of drug-likeness (QED) is 0.870. The molecular weight excluding hydrogens is 266 g/mol. The molecule has 1 saturated heterocycles. The molecule has 21 heavy (non-hydrogen) atoms. The summed E-state index contributed by atoms with van der Waals surface area (Å²) in [5.74, 6) is 0.872. The maximum atomic E-state index is 9.01. The number of nitrogens with zero attached hydrogens (tertiary/aromatic N) is 5. The van der Waals surface area contributed by atoms with Crippen molar-refractivity contribution in [2.45, 2.75) is 38.3 Å². The monoisotopic (exact) mass is 287 g/mol. The Hall–Kier alpha value is -1.79. The standard InChI is InChI=1S/C15H21N5O/c21-11-5-9-13-8-4-10-19(13)12-15-16-17-18-20(15)14-6-2-1-3-7-14/h1-3,6-7,13,21H,4-5,8-12H2. The Bertz CT molecular complexity index is 556. The van der Waals surface area contributed by atoms with Crippen LogP contribution >= 0.6 is 0 Å². The summed E-state index contributed by atoms with van der Waals surface area (Å²) < 4.78 is 1.81. The van der Waals surface area contributed by atoms with E-state index in [0.29, 0.717) is 6.04 Å². The van der Waals surface area contributed by atoms with Gasteiger partial charge in [0.15, 0.2) is 5.82 Å². The van der Waals surface area contributed by atoms with E-state index < -0.39 is 0 Å². The van der Waals surface area contributed by atoms with Crippen LogP contribution < -0.4 is 0 Å². The summed E-state index contributed by atoms with van der Waals surface area (Å²) in [6.45, 7) is 2.11. The van der Waals surface area contributed by atoms with E-state index in [0.717, 1.165) is 37.4 Å². The maximum absolute atomic E-state index is 9.01. The predicted molar refractivity (Wildman–Crippen MR) is 78.9 cm³/mol. The minimum absolute atomic E-state index is 0.270. The molecule has 3 rings (SSSR count). The van der Waals surface area contributed by atoms with E-state index in [-0.39, 0.29) is 6.61 Å². The maximum Gasteiger partial charge on any atom is 0.170 e. The molecule has 1 fully saturated rings. The predicted octanol–water partition coefficient (Wildman–Crippen LogP) is 1.40. The van der Waals surface area contributed by atoms with Gasteiger partial charge >= 0.3 is 0 Å². The fourth-order valence-corrected chi connectivity index (χ4v) is 3.01. The number of aliphatic hydroxyl groups excluding tert-OH is 1. The highest BCUT2D eigenvalue weighted by Crippen LogP contribution is 2.23. The van der Waals surface area contributed by atoms with E-state index in [2.05, 4.69) is 20.4 Å². The molecule has 2 aromatic rings. The molecule has 0 amide bonds. The second kappa shape index (κ2) is 6.78. The van der Waals surface area contributed by atoms with E-state index in [1.165, 1.54) is 12.8 Å². The van der Waals surface area contributed by atoms with Crippen LogP contribution in [-0.2, 0) is 6.54 Å². The second-order valence-corrected chi connectivity index (χ2v) is 5.47. The molecule has 2 heterocycles. The van der Waals surface area contributed by atoms with Gasteiger partial charge in [-0.15, -0.1) is 5.10 Å². The molecule has 0 aliphatic carbocycles. The molecule has 1 aliphatic rings. The van der Waals surface area contributed by atoms with E-state index in [9.17, 15) is 0 Å². The summed E-state index contributed by atoms with van der Waals surface area (Å²) in [5, 5.41) is 21.1. The Morgan fingerprint density at radius 3 is 2.90 bits per heavy atom. The number of benzene rings is 1. The zero-order valence-electron chi connectivity index (χ0n) is 12.1. The lowest BCUT2D eigenvalue weighted by Crippen LogP contribution is -2.30. The van der Waals surface area contributed by atoms with Crippen LogP contribution in [0.2, 0.25) is 0 Å². The molecule has 0 radical (unpaired) electrons. The van der Waals surface area contributed by atoms with Gasteiger partial charge in [-0.05, 0) is 54.8 Å². The van der Waals surface area contributed by atoms with Gasteiger partial charge in [0.2, 0.25) is 0 Å². The summed E-state index contributed by atoms with van der Waals surface area (Å²) in [7, 11) is 0. The Morgan fingerprint density at radius 2 is 2.10 bits per heavy atom. The van der Waals surface area contributed by atoms with E-state index in [1.807, 2.05) is 30.3 Å².